The summed E-state index contributed by atoms with van der Waals surface area (Å²) in [4.78, 5) is 28.5. The van der Waals surface area contributed by atoms with Crippen molar-refractivity contribution in [1.29, 1.82) is 0 Å². The molecule has 8 rings (SSSR count). The highest BCUT2D eigenvalue weighted by atomic mass is 16.6. The van der Waals surface area contributed by atoms with Crippen LogP contribution in [0.1, 0.15) is 60.9 Å². The molecule has 4 saturated carbocycles. The van der Waals surface area contributed by atoms with Crippen LogP contribution in [0.25, 0.3) is 0 Å². The number of anilines is 1. The summed E-state index contributed by atoms with van der Waals surface area (Å²) in [5, 5.41) is 3.22. The molecule has 1 unspecified atom stereocenters. The van der Waals surface area contributed by atoms with E-state index in [-0.39, 0.29) is 23.3 Å². The Morgan fingerprint density at radius 2 is 1.69 bits per heavy atom. The van der Waals surface area contributed by atoms with Crippen molar-refractivity contribution in [1.82, 2.24) is 4.90 Å². The van der Waals surface area contributed by atoms with Gasteiger partial charge in [-0.05, 0) is 97.9 Å². The number of hydrogen-bond donors (Lipinski definition) is 1. The van der Waals surface area contributed by atoms with E-state index >= 15 is 0 Å². The van der Waals surface area contributed by atoms with Crippen LogP contribution in [0, 0.1) is 23.2 Å². The molecule has 36 heavy (non-hydrogen) atoms. The van der Waals surface area contributed by atoms with Gasteiger partial charge in [-0.3, -0.25) is 9.59 Å². The lowest BCUT2D eigenvalue weighted by Crippen LogP contribution is -2.47. The lowest BCUT2D eigenvalue weighted by molar-refractivity contribution is -0.124. The van der Waals surface area contributed by atoms with Gasteiger partial charge in [0.05, 0.1) is 6.54 Å². The van der Waals surface area contributed by atoms with Crippen LogP contribution in [0.4, 0.5) is 5.69 Å². The van der Waals surface area contributed by atoms with E-state index in [1.807, 2.05) is 47.4 Å². The average Bonchev–Trinajstić information content (AvgIpc) is 2.85. The number of carbonyl (C=O) groups is 2. The van der Waals surface area contributed by atoms with Gasteiger partial charge in [-0.1, -0.05) is 18.2 Å². The quantitative estimate of drug-likeness (QED) is 0.641. The van der Waals surface area contributed by atoms with E-state index in [9.17, 15) is 9.59 Å². The summed E-state index contributed by atoms with van der Waals surface area (Å²) in [5.74, 6) is 4.10. The molecule has 0 saturated heterocycles. The van der Waals surface area contributed by atoms with Crippen LogP contribution >= 0.6 is 0 Å². The minimum absolute atomic E-state index is 0.00380. The van der Waals surface area contributed by atoms with Gasteiger partial charge in [0.15, 0.2) is 17.6 Å². The molecule has 4 bridgehead atoms. The molecule has 2 heterocycles. The maximum Gasteiger partial charge on any atom is 0.254 e. The minimum atomic E-state index is -0.200. The maximum absolute atomic E-state index is 13.4. The summed E-state index contributed by atoms with van der Waals surface area (Å²) in [6.07, 6.45) is 8.98. The van der Waals surface area contributed by atoms with Gasteiger partial charge in [0, 0.05) is 24.2 Å². The zero-order chi connectivity index (χ0) is 24.3. The molecular formula is C30H34N2O4. The number of nitrogens with one attached hydrogen (secondary N) is 1. The van der Waals surface area contributed by atoms with Crippen molar-refractivity contribution in [3.8, 4) is 11.5 Å². The van der Waals surface area contributed by atoms with E-state index < -0.39 is 0 Å². The van der Waals surface area contributed by atoms with E-state index in [0.717, 1.165) is 46.9 Å². The highest BCUT2D eigenvalue weighted by molar-refractivity contribution is 6.00. The van der Waals surface area contributed by atoms with Crippen LogP contribution < -0.4 is 14.8 Å². The second kappa shape index (κ2) is 8.53. The summed E-state index contributed by atoms with van der Waals surface area (Å²) in [6, 6.07) is 13.4. The standard InChI is InChI=1S/C30H34N2O4/c33-28(16-30-13-19-10-20(14-30)12-21(11-19)15-30)31-25-5-3-4-24-23(25)8-9-32(29(24)34)17-22-18-35-26-6-1-2-7-27(26)36-22/h1-7,19-22H,8-18H2,(H,31,33). The van der Waals surface area contributed by atoms with E-state index in [1.54, 1.807) is 0 Å². The Balaban J connectivity index is 1.02. The molecule has 0 spiro atoms. The molecule has 1 N–H and O–H groups in total. The second-order valence-corrected chi connectivity index (χ2v) is 12.0. The summed E-state index contributed by atoms with van der Waals surface area (Å²) >= 11 is 0. The second-order valence-electron chi connectivity index (χ2n) is 12.0. The SMILES string of the molecule is O=C(CC12CC3CC(CC(C3)C1)C2)Nc1cccc2c1CCN(CC1COc3ccccc3O1)C2=O. The molecule has 4 aliphatic carbocycles. The number of fused-ring (bicyclic) bond motifs is 2. The molecule has 6 aliphatic rings. The summed E-state index contributed by atoms with van der Waals surface area (Å²) < 4.78 is 11.9. The third kappa shape index (κ3) is 3.95. The van der Waals surface area contributed by atoms with Gasteiger partial charge in [0.1, 0.15) is 6.61 Å². The predicted octanol–water partition coefficient (Wildman–Crippen LogP) is 5.07. The molecule has 6 heteroatoms. The van der Waals surface area contributed by atoms with Gasteiger partial charge in [0.2, 0.25) is 5.91 Å². The zero-order valence-electron chi connectivity index (χ0n) is 20.7. The van der Waals surface area contributed by atoms with Crippen LogP contribution in [-0.4, -0.2) is 42.5 Å². The van der Waals surface area contributed by atoms with Crippen LogP contribution in [0.15, 0.2) is 42.5 Å². The number of ether oxygens (including phenoxy) is 2. The Hall–Kier alpha value is -3.02. The Morgan fingerprint density at radius 1 is 0.972 bits per heavy atom. The fraction of sp³-hybridized carbons (Fsp3) is 0.533. The largest absolute Gasteiger partial charge is 0.486 e. The molecule has 4 fully saturated rings. The van der Waals surface area contributed by atoms with Crippen molar-refractivity contribution in [2.45, 2.75) is 57.5 Å². The van der Waals surface area contributed by atoms with Crippen LogP contribution in [-0.2, 0) is 11.2 Å². The molecule has 2 aromatic rings. The minimum Gasteiger partial charge on any atom is -0.486 e. The van der Waals surface area contributed by atoms with Crippen LogP contribution in [0.2, 0.25) is 0 Å². The van der Waals surface area contributed by atoms with Gasteiger partial charge < -0.3 is 19.7 Å². The van der Waals surface area contributed by atoms with Crippen molar-refractivity contribution in [2.75, 3.05) is 25.0 Å². The smallest absolute Gasteiger partial charge is 0.254 e. The number of carbonyl (C=O) groups excluding carboxylic acids is 2. The zero-order valence-corrected chi connectivity index (χ0v) is 20.7. The molecule has 188 valence electrons. The van der Waals surface area contributed by atoms with E-state index in [2.05, 4.69) is 5.32 Å². The lowest BCUT2D eigenvalue weighted by Gasteiger charge is -2.56. The molecule has 2 aromatic carbocycles. The van der Waals surface area contributed by atoms with E-state index in [4.69, 9.17) is 9.47 Å². The number of nitrogens with zero attached hydrogens (tertiary/aromatic N) is 1. The van der Waals surface area contributed by atoms with Gasteiger partial charge in [-0.25, -0.2) is 0 Å². The fourth-order valence-electron chi connectivity index (χ4n) is 8.31. The summed E-state index contributed by atoms with van der Waals surface area (Å²) in [5.41, 5.74) is 2.66. The molecule has 2 aliphatic heterocycles. The number of rotatable bonds is 5. The van der Waals surface area contributed by atoms with Gasteiger partial charge >= 0.3 is 0 Å². The average molecular weight is 487 g/mol. The summed E-state index contributed by atoms with van der Waals surface area (Å²) in [6.45, 7) is 1.51. The van der Waals surface area contributed by atoms with Gasteiger partial charge in [-0.15, -0.1) is 0 Å². The van der Waals surface area contributed by atoms with E-state index in [0.29, 0.717) is 31.7 Å². The normalized spacial score (nSPS) is 31.8. The maximum atomic E-state index is 13.4. The van der Waals surface area contributed by atoms with Crippen molar-refractivity contribution in [3.05, 3.63) is 53.6 Å². The first kappa shape index (κ1) is 22.2. The number of amides is 2. The molecule has 2 amide bonds. The van der Waals surface area contributed by atoms with Crippen LogP contribution in [0.5, 0.6) is 11.5 Å². The van der Waals surface area contributed by atoms with Gasteiger partial charge in [0.25, 0.3) is 5.91 Å². The van der Waals surface area contributed by atoms with E-state index in [1.165, 1.54) is 38.5 Å². The molecule has 0 radical (unpaired) electrons. The molecule has 6 nitrogen and oxygen atoms in total. The molecule has 0 aromatic heterocycles. The third-order valence-corrected chi connectivity index (χ3v) is 9.29. The Labute approximate surface area is 212 Å². The monoisotopic (exact) mass is 486 g/mol. The highest BCUT2D eigenvalue weighted by Gasteiger charge is 2.51. The first-order chi connectivity index (χ1) is 17.5. The van der Waals surface area contributed by atoms with Crippen molar-refractivity contribution >= 4 is 17.5 Å². The van der Waals surface area contributed by atoms with Gasteiger partial charge in [-0.2, -0.15) is 0 Å². The number of benzene rings is 2. The van der Waals surface area contributed by atoms with Crippen molar-refractivity contribution in [3.63, 3.8) is 0 Å². The molecule has 1 atom stereocenters. The fourth-order valence-corrected chi connectivity index (χ4v) is 8.31. The Morgan fingerprint density at radius 3 is 2.44 bits per heavy atom. The predicted molar refractivity (Wildman–Crippen MR) is 136 cm³/mol. The third-order valence-electron chi connectivity index (χ3n) is 9.29. The topological polar surface area (TPSA) is 67.9 Å². The Kier molecular flexibility index (Phi) is 5.26. The molecular weight excluding hydrogens is 452 g/mol. The number of para-hydroxylation sites is 2. The Bertz CT molecular complexity index is 1170. The first-order valence-electron chi connectivity index (χ1n) is 13.6. The van der Waals surface area contributed by atoms with Crippen molar-refractivity contribution < 1.29 is 19.1 Å². The lowest BCUT2D eigenvalue weighted by atomic mass is 9.49. The number of hydrogen-bond acceptors (Lipinski definition) is 4. The first-order valence-corrected chi connectivity index (χ1v) is 13.6. The van der Waals surface area contributed by atoms with Crippen molar-refractivity contribution in [2.24, 2.45) is 23.2 Å². The highest BCUT2D eigenvalue weighted by Crippen LogP contribution is 2.61. The van der Waals surface area contributed by atoms with Crippen LogP contribution in [0.3, 0.4) is 0 Å². The summed E-state index contributed by atoms with van der Waals surface area (Å²) in [7, 11) is 0.